The summed E-state index contributed by atoms with van der Waals surface area (Å²) in [5.74, 6) is 0.170. The average molecular weight is 504 g/mol. The van der Waals surface area contributed by atoms with E-state index in [-0.39, 0.29) is 17.7 Å². The quantitative estimate of drug-likeness (QED) is 0.368. The summed E-state index contributed by atoms with van der Waals surface area (Å²) in [5.41, 5.74) is 3.59. The first-order valence-corrected chi connectivity index (χ1v) is 12.9. The lowest BCUT2D eigenvalue weighted by molar-refractivity contribution is 0.0950. The van der Waals surface area contributed by atoms with Gasteiger partial charge >= 0.3 is 0 Å². The fraction of sp³-hybridized carbons (Fsp3) is 0.192. The molecule has 1 amide bonds. The molecule has 0 bridgehead atoms. The van der Waals surface area contributed by atoms with E-state index in [1.807, 2.05) is 42.5 Å². The number of nitrogens with one attached hydrogen (secondary N) is 2. The zero-order chi connectivity index (χ0) is 25.6. The number of fused-ring (bicyclic) bond motifs is 2. The van der Waals surface area contributed by atoms with Crippen molar-refractivity contribution < 1.29 is 13.2 Å². The first-order chi connectivity index (χ1) is 17.1. The Balaban J connectivity index is 1.35. The van der Waals surface area contributed by atoms with Crippen LogP contribution in [-0.4, -0.2) is 38.1 Å². The van der Waals surface area contributed by atoms with Gasteiger partial charge < -0.3 is 14.9 Å². The van der Waals surface area contributed by atoms with Crippen molar-refractivity contribution in [2.24, 2.45) is 7.05 Å². The van der Waals surface area contributed by atoms with Gasteiger partial charge in [-0.2, -0.15) is 0 Å². The van der Waals surface area contributed by atoms with Crippen molar-refractivity contribution in [1.82, 2.24) is 23.8 Å². The highest BCUT2D eigenvalue weighted by Crippen LogP contribution is 2.26. The van der Waals surface area contributed by atoms with Crippen molar-refractivity contribution in [1.29, 1.82) is 0 Å². The molecule has 0 aliphatic rings. The largest absolute Gasteiger partial charge is 0.345 e. The third kappa shape index (κ3) is 4.20. The topological polar surface area (TPSA) is 119 Å². The van der Waals surface area contributed by atoms with Gasteiger partial charge in [0.1, 0.15) is 5.82 Å². The second-order valence-electron chi connectivity index (χ2n) is 8.96. The number of aromatic nitrogens is 4. The molecule has 0 aliphatic heterocycles. The van der Waals surface area contributed by atoms with Crippen LogP contribution >= 0.6 is 0 Å². The van der Waals surface area contributed by atoms with Gasteiger partial charge in [-0.25, -0.2) is 13.4 Å². The van der Waals surface area contributed by atoms with Gasteiger partial charge in [-0.15, -0.1) is 0 Å². The van der Waals surface area contributed by atoms with Gasteiger partial charge in [0.05, 0.1) is 28.4 Å². The number of aryl methyl sites for hydroxylation is 1. The minimum Gasteiger partial charge on any atom is -0.345 e. The maximum Gasteiger partial charge on any atom is 0.258 e. The van der Waals surface area contributed by atoms with E-state index >= 15 is 0 Å². The Bertz CT molecular complexity index is 1790. The molecule has 9 nitrogen and oxygen atoms in total. The number of pyridine rings is 1. The number of aromatic amines is 1. The molecule has 0 atom stereocenters. The molecule has 2 N–H and O–H groups in total. The first kappa shape index (κ1) is 23.6. The molecule has 0 aliphatic carbocycles. The Morgan fingerprint density at radius 1 is 1.06 bits per heavy atom. The SMILES string of the molecule is CC(C)S(=O)(=O)n1ccc(C(=O)NCc2nc3ccc(-c4ccc5ccn(C)c(=O)c5c4)cc3[nH]2)c1. The summed E-state index contributed by atoms with van der Waals surface area (Å²) in [6, 6.07) is 15.0. The molecule has 0 saturated carbocycles. The predicted octanol–water partition coefficient (Wildman–Crippen LogP) is 3.40. The number of amides is 1. The maximum atomic E-state index is 12.6. The Kier molecular flexibility index (Phi) is 5.76. The molecule has 0 saturated heterocycles. The maximum absolute atomic E-state index is 12.6. The van der Waals surface area contributed by atoms with Crippen LogP contribution in [0.1, 0.15) is 30.0 Å². The lowest BCUT2D eigenvalue weighted by atomic mass is 10.0. The summed E-state index contributed by atoms with van der Waals surface area (Å²) in [7, 11) is -1.79. The van der Waals surface area contributed by atoms with Crippen LogP contribution in [0.4, 0.5) is 0 Å². The molecule has 0 spiro atoms. The highest BCUT2D eigenvalue weighted by molar-refractivity contribution is 7.90. The van der Waals surface area contributed by atoms with Crippen molar-refractivity contribution in [3.05, 3.63) is 88.9 Å². The minimum atomic E-state index is -3.52. The van der Waals surface area contributed by atoms with Gasteiger partial charge in [-0.3, -0.25) is 13.6 Å². The fourth-order valence-corrected chi connectivity index (χ4v) is 5.00. The molecule has 184 valence electrons. The molecule has 36 heavy (non-hydrogen) atoms. The Morgan fingerprint density at radius 2 is 1.81 bits per heavy atom. The number of imidazole rings is 1. The molecule has 10 heteroatoms. The lowest BCUT2D eigenvalue weighted by Crippen LogP contribution is -2.24. The molecule has 5 rings (SSSR count). The van der Waals surface area contributed by atoms with Gasteiger partial charge in [0.15, 0.2) is 0 Å². The molecule has 2 aromatic carbocycles. The van der Waals surface area contributed by atoms with Crippen LogP contribution in [0.15, 0.2) is 71.9 Å². The molecule has 5 aromatic rings. The predicted molar refractivity (Wildman–Crippen MR) is 139 cm³/mol. The standard InChI is InChI=1S/C26H25N5O4S/c1-16(2)36(34,35)31-11-9-20(15-31)25(32)27-14-24-28-22-7-6-19(13-23(22)29-24)18-5-4-17-8-10-30(3)26(33)21(17)12-18/h4-13,15-16H,14H2,1-3H3,(H,27,32)(H,28,29). The zero-order valence-electron chi connectivity index (χ0n) is 20.0. The van der Waals surface area contributed by atoms with Crippen molar-refractivity contribution in [2.75, 3.05) is 0 Å². The number of benzene rings is 2. The van der Waals surface area contributed by atoms with Crippen LogP contribution in [-0.2, 0) is 23.6 Å². The summed E-state index contributed by atoms with van der Waals surface area (Å²) >= 11 is 0. The number of carbonyl (C=O) groups is 1. The van der Waals surface area contributed by atoms with E-state index in [0.717, 1.165) is 31.5 Å². The second kappa shape index (κ2) is 8.80. The second-order valence-corrected chi connectivity index (χ2v) is 11.4. The molecule has 3 heterocycles. The van der Waals surface area contributed by atoms with E-state index in [0.29, 0.717) is 11.2 Å². The van der Waals surface area contributed by atoms with Crippen molar-refractivity contribution in [2.45, 2.75) is 25.6 Å². The molecule has 3 aromatic heterocycles. The fourth-order valence-electron chi connectivity index (χ4n) is 4.02. The molecule has 0 fully saturated rings. The van der Waals surface area contributed by atoms with E-state index < -0.39 is 21.2 Å². The van der Waals surface area contributed by atoms with Crippen LogP contribution in [0.5, 0.6) is 0 Å². The highest BCUT2D eigenvalue weighted by atomic mass is 32.2. The van der Waals surface area contributed by atoms with Crippen LogP contribution < -0.4 is 10.9 Å². The van der Waals surface area contributed by atoms with Gasteiger partial charge in [-0.1, -0.05) is 18.2 Å². The molecular formula is C26H25N5O4S. The number of nitrogens with zero attached hydrogens (tertiary/aromatic N) is 3. The normalized spacial score (nSPS) is 12.0. The van der Waals surface area contributed by atoms with E-state index in [1.165, 1.54) is 18.5 Å². The molecule has 0 unspecified atom stereocenters. The summed E-state index contributed by atoms with van der Waals surface area (Å²) in [6.45, 7) is 3.32. The van der Waals surface area contributed by atoms with Crippen LogP contribution in [0, 0.1) is 0 Å². The summed E-state index contributed by atoms with van der Waals surface area (Å²) < 4.78 is 27.2. The average Bonchev–Trinajstić information content (AvgIpc) is 3.52. The smallest absolute Gasteiger partial charge is 0.258 e. The van der Waals surface area contributed by atoms with E-state index in [9.17, 15) is 18.0 Å². The van der Waals surface area contributed by atoms with E-state index in [4.69, 9.17) is 0 Å². The minimum absolute atomic E-state index is 0.0489. The monoisotopic (exact) mass is 503 g/mol. The molecule has 0 radical (unpaired) electrons. The van der Waals surface area contributed by atoms with Crippen molar-refractivity contribution >= 4 is 37.7 Å². The summed E-state index contributed by atoms with van der Waals surface area (Å²) in [6.07, 6.45) is 4.44. The lowest BCUT2D eigenvalue weighted by Gasteiger charge is -2.08. The van der Waals surface area contributed by atoms with Crippen LogP contribution in [0.2, 0.25) is 0 Å². The Morgan fingerprint density at radius 3 is 2.58 bits per heavy atom. The third-order valence-electron chi connectivity index (χ3n) is 6.18. The first-order valence-electron chi connectivity index (χ1n) is 11.4. The number of carbonyl (C=O) groups excluding carboxylic acids is 1. The summed E-state index contributed by atoms with van der Waals surface area (Å²) in [5, 5.41) is 3.72. The van der Waals surface area contributed by atoms with Gasteiger partial charge in [0.25, 0.3) is 11.5 Å². The molecular weight excluding hydrogens is 478 g/mol. The summed E-state index contributed by atoms with van der Waals surface area (Å²) in [4.78, 5) is 32.8. The van der Waals surface area contributed by atoms with Crippen molar-refractivity contribution in [3.63, 3.8) is 0 Å². The number of hydrogen-bond acceptors (Lipinski definition) is 5. The number of H-pyrrole nitrogens is 1. The van der Waals surface area contributed by atoms with Gasteiger partial charge in [-0.05, 0) is 60.7 Å². The highest BCUT2D eigenvalue weighted by Gasteiger charge is 2.19. The Hall–Kier alpha value is -4.18. The van der Waals surface area contributed by atoms with Crippen LogP contribution in [0.25, 0.3) is 32.9 Å². The van der Waals surface area contributed by atoms with Gasteiger partial charge in [0.2, 0.25) is 10.0 Å². The number of hydrogen-bond donors (Lipinski definition) is 2. The number of rotatable bonds is 6. The van der Waals surface area contributed by atoms with Crippen LogP contribution in [0.3, 0.4) is 0 Å². The zero-order valence-corrected chi connectivity index (χ0v) is 20.8. The van der Waals surface area contributed by atoms with E-state index in [1.54, 1.807) is 31.7 Å². The van der Waals surface area contributed by atoms with E-state index in [2.05, 4.69) is 15.3 Å². The third-order valence-corrected chi connectivity index (χ3v) is 8.19. The van der Waals surface area contributed by atoms with Gasteiger partial charge in [0, 0.05) is 31.0 Å². The van der Waals surface area contributed by atoms with Crippen molar-refractivity contribution in [3.8, 4) is 11.1 Å². The Labute approximate surface area is 207 Å².